The second-order valence-corrected chi connectivity index (χ2v) is 7.53. The van der Waals surface area contributed by atoms with E-state index in [0.29, 0.717) is 25.9 Å². The SMILES string of the molecule is O=C(NCCCc1ccc(O)cc1)C1CCCN(C(=O)c2ccccc2OC(F)F)C1. The number of alkyl halides is 2. The number of phenolic OH excluding ortho intramolecular Hbond substituents is 1. The third-order valence-corrected chi connectivity index (χ3v) is 5.29. The van der Waals surface area contributed by atoms with Gasteiger partial charge in [-0.1, -0.05) is 24.3 Å². The quantitative estimate of drug-likeness (QED) is 0.625. The minimum atomic E-state index is -3.02. The highest BCUT2D eigenvalue weighted by atomic mass is 19.3. The number of halogens is 2. The predicted octanol–water partition coefficient (Wildman–Crippen LogP) is 3.59. The minimum Gasteiger partial charge on any atom is -0.508 e. The van der Waals surface area contributed by atoms with Gasteiger partial charge in [-0.3, -0.25) is 9.59 Å². The number of ether oxygens (including phenoxy) is 1. The number of nitrogens with zero attached hydrogens (tertiary/aromatic N) is 1. The lowest BCUT2D eigenvalue weighted by molar-refractivity contribution is -0.126. The van der Waals surface area contributed by atoms with Gasteiger partial charge >= 0.3 is 6.61 Å². The van der Waals surface area contributed by atoms with Gasteiger partial charge in [-0.25, -0.2) is 0 Å². The Morgan fingerprint density at radius 1 is 1.16 bits per heavy atom. The van der Waals surface area contributed by atoms with Crippen LogP contribution in [0.15, 0.2) is 48.5 Å². The van der Waals surface area contributed by atoms with Crippen molar-refractivity contribution in [2.75, 3.05) is 19.6 Å². The number of hydrogen-bond donors (Lipinski definition) is 2. The molecule has 2 amide bonds. The lowest BCUT2D eigenvalue weighted by Gasteiger charge is -2.32. The molecule has 1 saturated heterocycles. The molecule has 1 aliphatic heterocycles. The van der Waals surface area contributed by atoms with Crippen LogP contribution in [0, 0.1) is 5.92 Å². The number of aromatic hydroxyl groups is 1. The summed E-state index contributed by atoms with van der Waals surface area (Å²) in [5.74, 6) is -0.809. The topological polar surface area (TPSA) is 78.9 Å². The van der Waals surface area contributed by atoms with Gasteiger partial charge in [-0.05, 0) is 55.5 Å². The highest BCUT2D eigenvalue weighted by molar-refractivity contribution is 5.97. The van der Waals surface area contributed by atoms with Gasteiger partial charge in [-0.15, -0.1) is 0 Å². The Balaban J connectivity index is 1.51. The fraction of sp³-hybridized carbons (Fsp3) is 0.391. The van der Waals surface area contributed by atoms with Crippen molar-refractivity contribution < 1.29 is 28.2 Å². The van der Waals surface area contributed by atoms with Crippen molar-refractivity contribution in [2.45, 2.75) is 32.3 Å². The van der Waals surface area contributed by atoms with Crippen LogP contribution in [-0.2, 0) is 11.2 Å². The normalized spacial score (nSPS) is 16.2. The van der Waals surface area contributed by atoms with Gasteiger partial charge in [0.1, 0.15) is 11.5 Å². The second-order valence-electron chi connectivity index (χ2n) is 7.53. The minimum absolute atomic E-state index is 0.0674. The van der Waals surface area contributed by atoms with E-state index in [1.165, 1.54) is 23.1 Å². The summed E-state index contributed by atoms with van der Waals surface area (Å²) < 4.78 is 29.7. The monoisotopic (exact) mass is 432 g/mol. The zero-order valence-corrected chi connectivity index (χ0v) is 17.1. The largest absolute Gasteiger partial charge is 0.508 e. The number of likely N-dealkylation sites (tertiary alicyclic amines) is 1. The average molecular weight is 432 g/mol. The molecule has 166 valence electrons. The van der Waals surface area contributed by atoms with Gasteiger partial charge in [0, 0.05) is 19.6 Å². The summed E-state index contributed by atoms with van der Waals surface area (Å²) in [7, 11) is 0. The van der Waals surface area contributed by atoms with Gasteiger partial charge in [0.15, 0.2) is 0 Å². The molecule has 0 spiro atoms. The van der Waals surface area contributed by atoms with Crippen molar-refractivity contribution in [3.8, 4) is 11.5 Å². The molecule has 2 aromatic carbocycles. The van der Waals surface area contributed by atoms with E-state index in [1.807, 2.05) is 12.1 Å². The first-order valence-electron chi connectivity index (χ1n) is 10.3. The van der Waals surface area contributed by atoms with Gasteiger partial charge in [0.2, 0.25) is 5.91 Å². The Hall–Kier alpha value is -3.16. The standard InChI is InChI=1S/C23H26F2N2O4/c24-23(25)31-20-8-2-1-7-19(20)22(30)27-14-4-6-17(15-27)21(29)26-13-3-5-16-9-11-18(28)12-10-16/h1-2,7-12,17,23,28H,3-6,13-15H2,(H,26,29). The van der Waals surface area contributed by atoms with Crippen LogP contribution in [-0.4, -0.2) is 48.1 Å². The highest BCUT2D eigenvalue weighted by Crippen LogP contribution is 2.25. The molecule has 1 heterocycles. The first-order chi connectivity index (χ1) is 14.9. The first-order valence-corrected chi connectivity index (χ1v) is 10.3. The molecule has 31 heavy (non-hydrogen) atoms. The molecular weight excluding hydrogens is 406 g/mol. The molecule has 0 aromatic heterocycles. The predicted molar refractivity (Wildman–Crippen MR) is 111 cm³/mol. The van der Waals surface area contributed by atoms with E-state index >= 15 is 0 Å². The number of piperidine rings is 1. The molecule has 0 bridgehead atoms. The van der Waals surface area contributed by atoms with Crippen molar-refractivity contribution >= 4 is 11.8 Å². The maximum atomic E-state index is 12.9. The molecule has 2 N–H and O–H groups in total. The maximum Gasteiger partial charge on any atom is 0.387 e. The van der Waals surface area contributed by atoms with Crippen molar-refractivity contribution in [1.82, 2.24) is 10.2 Å². The van der Waals surface area contributed by atoms with E-state index in [0.717, 1.165) is 18.4 Å². The Kier molecular flexibility index (Phi) is 7.81. The fourth-order valence-corrected chi connectivity index (χ4v) is 3.70. The van der Waals surface area contributed by atoms with Gasteiger partial charge in [-0.2, -0.15) is 8.78 Å². The summed E-state index contributed by atoms with van der Waals surface area (Å²) in [6.45, 7) is -1.80. The summed E-state index contributed by atoms with van der Waals surface area (Å²) in [5.41, 5.74) is 1.14. The second kappa shape index (κ2) is 10.7. The van der Waals surface area contributed by atoms with Gasteiger partial charge < -0.3 is 20.1 Å². The third kappa shape index (κ3) is 6.41. The Morgan fingerprint density at radius 3 is 2.65 bits per heavy atom. The van der Waals surface area contributed by atoms with Gasteiger partial charge in [0.25, 0.3) is 5.91 Å². The van der Waals surface area contributed by atoms with E-state index in [2.05, 4.69) is 10.1 Å². The van der Waals surface area contributed by atoms with Gasteiger partial charge in [0.05, 0.1) is 11.5 Å². The summed E-state index contributed by atoms with van der Waals surface area (Å²) in [6.07, 6.45) is 2.86. The summed E-state index contributed by atoms with van der Waals surface area (Å²) >= 11 is 0. The molecule has 0 saturated carbocycles. The summed E-state index contributed by atoms with van der Waals surface area (Å²) in [6, 6.07) is 12.9. The zero-order valence-electron chi connectivity index (χ0n) is 17.1. The molecule has 1 atom stereocenters. The van der Waals surface area contributed by atoms with Crippen molar-refractivity contribution in [2.24, 2.45) is 5.92 Å². The van der Waals surface area contributed by atoms with Crippen LogP contribution in [0.2, 0.25) is 0 Å². The molecule has 2 aromatic rings. The Labute approximate surface area is 179 Å². The summed E-state index contributed by atoms with van der Waals surface area (Å²) in [4.78, 5) is 27.0. The number of para-hydroxylation sites is 1. The lowest BCUT2D eigenvalue weighted by Crippen LogP contribution is -2.45. The Morgan fingerprint density at radius 2 is 1.90 bits per heavy atom. The number of aryl methyl sites for hydroxylation is 1. The third-order valence-electron chi connectivity index (χ3n) is 5.29. The van der Waals surface area contributed by atoms with Crippen LogP contribution in [0.1, 0.15) is 35.2 Å². The molecule has 6 nitrogen and oxygen atoms in total. The highest BCUT2D eigenvalue weighted by Gasteiger charge is 2.30. The first kappa shape index (κ1) is 22.5. The van der Waals surface area contributed by atoms with E-state index in [1.54, 1.807) is 18.2 Å². The number of phenols is 1. The zero-order chi connectivity index (χ0) is 22.2. The van der Waals surface area contributed by atoms with Crippen LogP contribution in [0.25, 0.3) is 0 Å². The molecule has 1 fully saturated rings. The van der Waals surface area contributed by atoms with E-state index in [-0.39, 0.29) is 35.4 Å². The van der Waals surface area contributed by atoms with Crippen LogP contribution in [0.4, 0.5) is 8.78 Å². The smallest absolute Gasteiger partial charge is 0.387 e. The number of hydrogen-bond acceptors (Lipinski definition) is 4. The number of nitrogens with one attached hydrogen (secondary N) is 1. The van der Waals surface area contributed by atoms with Crippen molar-refractivity contribution in [1.29, 1.82) is 0 Å². The maximum absolute atomic E-state index is 12.9. The molecule has 1 aliphatic rings. The number of amides is 2. The van der Waals surface area contributed by atoms with Crippen LogP contribution < -0.4 is 10.1 Å². The average Bonchev–Trinajstić information content (AvgIpc) is 2.77. The van der Waals surface area contributed by atoms with Crippen LogP contribution in [0.3, 0.4) is 0 Å². The molecular formula is C23H26F2N2O4. The van der Waals surface area contributed by atoms with E-state index < -0.39 is 12.5 Å². The molecule has 1 unspecified atom stereocenters. The van der Waals surface area contributed by atoms with Crippen LogP contribution >= 0.6 is 0 Å². The van der Waals surface area contributed by atoms with E-state index in [9.17, 15) is 23.5 Å². The fourth-order valence-electron chi connectivity index (χ4n) is 3.70. The van der Waals surface area contributed by atoms with Crippen molar-refractivity contribution in [3.05, 3.63) is 59.7 Å². The van der Waals surface area contributed by atoms with Crippen LogP contribution in [0.5, 0.6) is 11.5 Å². The Bertz CT molecular complexity index is 889. The number of rotatable bonds is 8. The number of carbonyl (C=O) groups is 2. The number of carbonyl (C=O) groups excluding carboxylic acids is 2. The number of benzene rings is 2. The van der Waals surface area contributed by atoms with Crippen molar-refractivity contribution in [3.63, 3.8) is 0 Å². The molecule has 0 radical (unpaired) electrons. The molecule has 8 heteroatoms. The van der Waals surface area contributed by atoms with E-state index in [4.69, 9.17) is 0 Å². The lowest BCUT2D eigenvalue weighted by atomic mass is 9.96. The molecule has 0 aliphatic carbocycles. The summed E-state index contributed by atoms with van der Waals surface area (Å²) in [5, 5.41) is 12.2. The molecule has 3 rings (SSSR count).